The van der Waals surface area contributed by atoms with Crippen LogP contribution in [-0.4, -0.2) is 51.4 Å². The summed E-state index contributed by atoms with van der Waals surface area (Å²) in [4.78, 5) is 21.7. The topological polar surface area (TPSA) is 54.5 Å². The summed E-state index contributed by atoms with van der Waals surface area (Å²) in [6.07, 6.45) is 5.38. The first-order chi connectivity index (χ1) is 11.7. The largest absolute Gasteiger partial charge is 0.459 e. The summed E-state index contributed by atoms with van der Waals surface area (Å²) in [5.41, 5.74) is 1.19. The Morgan fingerprint density at radius 1 is 1.29 bits per heavy atom. The molecule has 4 heterocycles. The van der Waals surface area contributed by atoms with Gasteiger partial charge in [0.05, 0.1) is 11.8 Å². The third-order valence-corrected chi connectivity index (χ3v) is 5.66. The van der Waals surface area contributed by atoms with E-state index >= 15 is 0 Å². The first-order valence-corrected chi connectivity index (χ1v) is 8.76. The number of carbonyl (C=O) groups is 1. The maximum absolute atomic E-state index is 12.5. The molecule has 0 atom stereocenters. The lowest BCUT2D eigenvalue weighted by atomic mass is 9.83. The van der Waals surface area contributed by atoms with Crippen LogP contribution in [0.2, 0.25) is 0 Å². The summed E-state index contributed by atoms with van der Waals surface area (Å²) in [5.74, 6) is 1.60. The van der Waals surface area contributed by atoms with E-state index in [4.69, 9.17) is 9.40 Å². The van der Waals surface area contributed by atoms with Gasteiger partial charge in [-0.15, -0.1) is 0 Å². The van der Waals surface area contributed by atoms with Crippen LogP contribution in [0, 0.1) is 6.92 Å². The number of hydrogen-bond donors (Lipinski definition) is 0. The third kappa shape index (κ3) is 2.20. The van der Waals surface area contributed by atoms with E-state index < -0.39 is 0 Å². The molecule has 6 nitrogen and oxygen atoms in total. The van der Waals surface area contributed by atoms with Gasteiger partial charge in [0.15, 0.2) is 5.76 Å². The molecule has 0 aromatic carbocycles. The quantitative estimate of drug-likeness (QED) is 0.848. The first-order valence-electron chi connectivity index (χ1n) is 8.76. The number of likely N-dealkylation sites (tertiary alicyclic amines) is 1. The number of amides is 1. The minimum absolute atomic E-state index is 0.00627. The van der Waals surface area contributed by atoms with Crippen molar-refractivity contribution in [2.24, 2.45) is 0 Å². The van der Waals surface area contributed by atoms with E-state index in [1.54, 1.807) is 18.4 Å². The highest BCUT2D eigenvalue weighted by Crippen LogP contribution is 2.41. The highest BCUT2D eigenvalue weighted by atomic mass is 16.3. The number of furan rings is 1. The molecule has 1 amide bonds. The highest BCUT2D eigenvalue weighted by molar-refractivity contribution is 5.91. The second kappa shape index (κ2) is 5.77. The van der Waals surface area contributed by atoms with E-state index in [-0.39, 0.29) is 11.4 Å². The van der Waals surface area contributed by atoms with Crippen molar-refractivity contribution in [3.8, 4) is 0 Å². The van der Waals surface area contributed by atoms with E-state index in [2.05, 4.69) is 23.3 Å². The van der Waals surface area contributed by atoms with Crippen LogP contribution in [0.25, 0.3) is 0 Å². The second-order valence-electron chi connectivity index (χ2n) is 6.76. The number of imidazole rings is 1. The molecule has 128 valence electrons. The zero-order valence-electron chi connectivity index (χ0n) is 14.4. The van der Waals surface area contributed by atoms with Gasteiger partial charge in [0.25, 0.3) is 5.91 Å². The van der Waals surface area contributed by atoms with Gasteiger partial charge in [-0.1, -0.05) is 6.92 Å². The van der Waals surface area contributed by atoms with Crippen LogP contribution in [0.1, 0.15) is 41.8 Å². The smallest absolute Gasteiger partial charge is 0.289 e. The fraction of sp³-hybridized carbons (Fsp3) is 0.556. The molecule has 0 bridgehead atoms. The Morgan fingerprint density at radius 3 is 2.75 bits per heavy atom. The summed E-state index contributed by atoms with van der Waals surface area (Å²) >= 11 is 0. The van der Waals surface area contributed by atoms with Gasteiger partial charge in [-0.2, -0.15) is 0 Å². The van der Waals surface area contributed by atoms with Crippen LogP contribution in [0.15, 0.2) is 29.0 Å². The molecule has 2 aliphatic rings. The Kier molecular flexibility index (Phi) is 3.72. The molecule has 0 saturated carbocycles. The van der Waals surface area contributed by atoms with Crippen LogP contribution < -0.4 is 0 Å². The van der Waals surface area contributed by atoms with Gasteiger partial charge in [-0.05, 0) is 38.4 Å². The molecule has 24 heavy (non-hydrogen) atoms. The number of likely N-dealkylation sites (N-methyl/N-ethyl adjacent to an activating group) is 1. The van der Waals surface area contributed by atoms with Crippen molar-refractivity contribution in [3.63, 3.8) is 0 Å². The van der Waals surface area contributed by atoms with E-state index in [0.717, 1.165) is 45.6 Å². The van der Waals surface area contributed by atoms with Crippen LogP contribution in [-0.2, 0) is 12.1 Å². The molecule has 2 aromatic rings. The molecule has 0 radical (unpaired) electrons. The third-order valence-electron chi connectivity index (χ3n) is 5.66. The van der Waals surface area contributed by atoms with Crippen LogP contribution >= 0.6 is 0 Å². The predicted molar refractivity (Wildman–Crippen MR) is 89.7 cm³/mol. The van der Waals surface area contributed by atoms with Crippen molar-refractivity contribution in [2.45, 2.75) is 38.8 Å². The van der Waals surface area contributed by atoms with Crippen LogP contribution in [0.4, 0.5) is 0 Å². The molecule has 1 spiro atoms. The average molecular weight is 328 g/mol. The predicted octanol–water partition coefficient (Wildman–Crippen LogP) is 2.25. The maximum atomic E-state index is 12.5. The second-order valence-corrected chi connectivity index (χ2v) is 6.76. The normalized spacial score (nSPS) is 20.3. The minimum Gasteiger partial charge on any atom is -0.459 e. The Hall–Kier alpha value is -2.08. The van der Waals surface area contributed by atoms with Crippen molar-refractivity contribution >= 4 is 5.91 Å². The molecule has 2 aliphatic heterocycles. The summed E-state index contributed by atoms with van der Waals surface area (Å²) in [7, 11) is 0. The summed E-state index contributed by atoms with van der Waals surface area (Å²) < 4.78 is 7.63. The standard InChI is InChI=1S/C18H24N4O2/c1-3-21-10-11-22-14(2)13-19-17(22)18(21)6-8-20(9-7-18)16(23)15-5-4-12-24-15/h4-5,12-13H,3,6-11H2,1-2H3. The number of fused-ring (bicyclic) bond motifs is 2. The van der Waals surface area contributed by atoms with Crippen molar-refractivity contribution in [1.29, 1.82) is 0 Å². The summed E-state index contributed by atoms with van der Waals surface area (Å²) in [5, 5.41) is 0. The van der Waals surface area contributed by atoms with Gasteiger partial charge < -0.3 is 13.9 Å². The van der Waals surface area contributed by atoms with Gasteiger partial charge >= 0.3 is 0 Å². The van der Waals surface area contributed by atoms with Crippen molar-refractivity contribution in [2.75, 3.05) is 26.2 Å². The molecule has 2 aromatic heterocycles. The van der Waals surface area contributed by atoms with Crippen LogP contribution in [0.5, 0.6) is 0 Å². The molecule has 4 rings (SSSR count). The Morgan fingerprint density at radius 2 is 2.08 bits per heavy atom. The number of rotatable bonds is 2. The maximum Gasteiger partial charge on any atom is 0.289 e. The van der Waals surface area contributed by atoms with E-state index in [0.29, 0.717) is 5.76 Å². The number of nitrogens with zero attached hydrogens (tertiary/aromatic N) is 4. The van der Waals surface area contributed by atoms with Gasteiger partial charge in [-0.3, -0.25) is 9.69 Å². The Labute approximate surface area is 142 Å². The van der Waals surface area contributed by atoms with Gasteiger partial charge in [-0.25, -0.2) is 4.98 Å². The number of aryl methyl sites for hydroxylation is 1. The van der Waals surface area contributed by atoms with Gasteiger partial charge in [0, 0.05) is 38.1 Å². The lowest BCUT2D eigenvalue weighted by molar-refractivity contribution is -0.00447. The molecule has 0 N–H and O–H groups in total. The Bertz CT molecular complexity index is 726. The molecular weight excluding hydrogens is 304 g/mol. The lowest BCUT2D eigenvalue weighted by Gasteiger charge is -2.50. The van der Waals surface area contributed by atoms with Crippen molar-refractivity contribution in [1.82, 2.24) is 19.4 Å². The van der Waals surface area contributed by atoms with Crippen molar-refractivity contribution in [3.05, 3.63) is 41.9 Å². The minimum atomic E-state index is -0.0405. The molecule has 0 aliphatic carbocycles. The number of carbonyl (C=O) groups excluding carboxylic acids is 1. The summed E-state index contributed by atoms with van der Waals surface area (Å²) in [6, 6.07) is 3.50. The Balaban J connectivity index is 1.59. The van der Waals surface area contributed by atoms with E-state index in [1.165, 1.54) is 11.5 Å². The van der Waals surface area contributed by atoms with E-state index in [9.17, 15) is 4.79 Å². The van der Waals surface area contributed by atoms with Gasteiger partial charge in [0.1, 0.15) is 5.82 Å². The van der Waals surface area contributed by atoms with Crippen molar-refractivity contribution < 1.29 is 9.21 Å². The van der Waals surface area contributed by atoms with Crippen LogP contribution in [0.3, 0.4) is 0 Å². The van der Waals surface area contributed by atoms with Gasteiger partial charge in [0.2, 0.25) is 0 Å². The zero-order valence-corrected chi connectivity index (χ0v) is 14.4. The number of aromatic nitrogens is 2. The fourth-order valence-corrected chi connectivity index (χ4v) is 4.33. The monoisotopic (exact) mass is 328 g/mol. The molecule has 6 heteroatoms. The number of piperidine rings is 1. The average Bonchev–Trinajstić information content (AvgIpc) is 3.26. The zero-order chi connectivity index (χ0) is 16.7. The highest BCUT2D eigenvalue weighted by Gasteiger charge is 2.47. The molecule has 1 fully saturated rings. The fourth-order valence-electron chi connectivity index (χ4n) is 4.33. The SMILES string of the molecule is CCN1CCn2c(C)cnc2C12CCN(C(=O)c1ccco1)CC2. The molecule has 1 saturated heterocycles. The summed E-state index contributed by atoms with van der Waals surface area (Å²) in [6.45, 7) is 8.88. The molecule has 0 unspecified atom stereocenters. The van der Waals surface area contributed by atoms with E-state index in [1.807, 2.05) is 11.1 Å². The number of hydrogen-bond acceptors (Lipinski definition) is 4. The lowest BCUT2D eigenvalue weighted by Crippen LogP contribution is -2.58. The molecular formula is C18H24N4O2. The first kappa shape index (κ1) is 15.4.